The maximum absolute atomic E-state index is 5.97. The van der Waals surface area contributed by atoms with Crippen LogP contribution in [0, 0.1) is 0 Å². The standard InChI is InChI=1S/C14H21NO/c1-9(2)10-5-11-7-14(3,4)16-13(11)12(6-10)8-15/h5-6,9H,7-8,15H2,1-4H3. The molecule has 0 aliphatic carbocycles. The average molecular weight is 219 g/mol. The summed E-state index contributed by atoms with van der Waals surface area (Å²) in [6.45, 7) is 9.23. The molecule has 0 amide bonds. The van der Waals surface area contributed by atoms with Crippen LogP contribution in [0.5, 0.6) is 5.75 Å². The molecule has 1 aromatic carbocycles. The van der Waals surface area contributed by atoms with Crippen LogP contribution in [0.1, 0.15) is 50.3 Å². The number of fused-ring (bicyclic) bond motifs is 1. The van der Waals surface area contributed by atoms with Gasteiger partial charge in [-0.25, -0.2) is 0 Å². The molecule has 0 saturated carbocycles. The Labute approximate surface area is 97.8 Å². The molecule has 16 heavy (non-hydrogen) atoms. The van der Waals surface area contributed by atoms with Crippen LogP contribution in [-0.4, -0.2) is 5.60 Å². The van der Waals surface area contributed by atoms with E-state index in [0.29, 0.717) is 12.5 Å². The van der Waals surface area contributed by atoms with Gasteiger partial charge in [0, 0.05) is 18.5 Å². The van der Waals surface area contributed by atoms with Crippen molar-refractivity contribution in [3.63, 3.8) is 0 Å². The third-order valence-electron chi connectivity index (χ3n) is 3.15. The number of hydrogen-bond acceptors (Lipinski definition) is 2. The van der Waals surface area contributed by atoms with Gasteiger partial charge in [-0.15, -0.1) is 0 Å². The van der Waals surface area contributed by atoms with Crippen LogP contribution in [0.25, 0.3) is 0 Å². The van der Waals surface area contributed by atoms with Crippen LogP contribution in [0.3, 0.4) is 0 Å². The Balaban J connectivity index is 2.49. The number of benzene rings is 1. The molecule has 1 aliphatic heterocycles. The van der Waals surface area contributed by atoms with Crippen molar-refractivity contribution in [2.24, 2.45) is 5.73 Å². The maximum atomic E-state index is 5.97. The summed E-state index contributed by atoms with van der Waals surface area (Å²) in [5.41, 5.74) is 9.54. The minimum Gasteiger partial charge on any atom is -0.487 e. The zero-order valence-electron chi connectivity index (χ0n) is 10.6. The van der Waals surface area contributed by atoms with Gasteiger partial charge in [0.05, 0.1) is 0 Å². The summed E-state index contributed by atoms with van der Waals surface area (Å²) >= 11 is 0. The second-order valence-electron chi connectivity index (χ2n) is 5.57. The van der Waals surface area contributed by atoms with E-state index in [9.17, 15) is 0 Å². The Morgan fingerprint density at radius 3 is 2.62 bits per heavy atom. The SMILES string of the molecule is CC(C)c1cc(CN)c2c(c1)CC(C)(C)O2. The van der Waals surface area contributed by atoms with Crippen molar-refractivity contribution in [2.45, 2.75) is 52.2 Å². The number of hydrogen-bond donors (Lipinski definition) is 1. The molecule has 1 aliphatic rings. The normalized spacial score (nSPS) is 17.4. The van der Waals surface area contributed by atoms with Gasteiger partial charge >= 0.3 is 0 Å². The van der Waals surface area contributed by atoms with Crippen LogP contribution < -0.4 is 10.5 Å². The fraction of sp³-hybridized carbons (Fsp3) is 0.571. The fourth-order valence-electron chi connectivity index (χ4n) is 2.30. The number of nitrogens with two attached hydrogens (primary N) is 1. The van der Waals surface area contributed by atoms with Gasteiger partial charge in [-0.3, -0.25) is 0 Å². The highest BCUT2D eigenvalue weighted by molar-refractivity contribution is 5.49. The van der Waals surface area contributed by atoms with E-state index in [1.54, 1.807) is 0 Å². The predicted molar refractivity (Wildman–Crippen MR) is 66.8 cm³/mol. The number of ether oxygens (including phenoxy) is 1. The zero-order chi connectivity index (χ0) is 11.9. The monoisotopic (exact) mass is 219 g/mol. The lowest BCUT2D eigenvalue weighted by atomic mass is 9.94. The van der Waals surface area contributed by atoms with Crippen LogP contribution in [0.15, 0.2) is 12.1 Å². The smallest absolute Gasteiger partial charge is 0.127 e. The van der Waals surface area contributed by atoms with Crippen molar-refractivity contribution in [3.05, 3.63) is 28.8 Å². The molecule has 0 radical (unpaired) electrons. The summed E-state index contributed by atoms with van der Waals surface area (Å²) in [4.78, 5) is 0. The average Bonchev–Trinajstić information content (AvgIpc) is 2.49. The van der Waals surface area contributed by atoms with Crippen molar-refractivity contribution in [1.29, 1.82) is 0 Å². The molecule has 0 saturated heterocycles. The topological polar surface area (TPSA) is 35.2 Å². The molecule has 1 heterocycles. The van der Waals surface area contributed by atoms with Crippen LogP contribution in [-0.2, 0) is 13.0 Å². The second kappa shape index (κ2) is 3.77. The first-order valence-electron chi connectivity index (χ1n) is 5.98. The van der Waals surface area contributed by atoms with Crippen LogP contribution in [0.4, 0.5) is 0 Å². The van der Waals surface area contributed by atoms with Gasteiger partial charge in [-0.05, 0) is 30.9 Å². The molecule has 0 unspecified atom stereocenters. The largest absolute Gasteiger partial charge is 0.487 e. The molecular weight excluding hydrogens is 198 g/mol. The summed E-state index contributed by atoms with van der Waals surface area (Å²) in [7, 11) is 0. The van der Waals surface area contributed by atoms with Gasteiger partial charge in [-0.2, -0.15) is 0 Å². The van der Waals surface area contributed by atoms with Gasteiger partial charge in [-0.1, -0.05) is 26.0 Å². The molecule has 2 N–H and O–H groups in total. The summed E-state index contributed by atoms with van der Waals surface area (Å²) in [5, 5.41) is 0. The Morgan fingerprint density at radius 2 is 2.06 bits per heavy atom. The maximum Gasteiger partial charge on any atom is 0.127 e. The lowest BCUT2D eigenvalue weighted by molar-refractivity contribution is 0.137. The highest BCUT2D eigenvalue weighted by Gasteiger charge is 2.32. The molecule has 2 heteroatoms. The lowest BCUT2D eigenvalue weighted by Crippen LogP contribution is -2.25. The summed E-state index contributed by atoms with van der Waals surface area (Å²) < 4.78 is 5.97. The highest BCUT2D eigenvalue weighted by Crippen LogP contribution is 2.39. The van der Waals surface area contributed by atoms with E-state index in [4.69, 9.17) is 10.5 Å². The van der Waals surface area contributed by atoms with Crippen molar-refractivity contribution < 1.29 is 4.74 Å². The van der Waals surface area contributed by atoms with E-state index < -0.39 is 0 Å². The molecule has 0 fully saturated rings. The van der Waals surface area contributed by atoms with Crippen molar-refractivity contribution >= 4 is 0 Å². The molecule has 0 atom stereocenters. The molecule has 0 bridgehead atoms. The third-order valence-corrected chi connectivity index (χ3v) is 3.15. The van der Waals surface area contributed by atoms with E-state index in [1.807, 2.05) is 0 Å². The summed E-state index contributed by atoms with van der Waals surface area (Å²) in [6.07, 6.45) is 0.982. The minimum absolute atomic E-state index is 0.0815. The summed E-state index contributed by atoms with van der Waals surface area (Å²) in [6, 6.07) is 4.46. The Hall–Kier alpha value is -1.02. The fourth-order valence-corrected chi connectivity index (χ4v) is 2.30. The second-order valence-corrected chi connectivity index (χ2v) is 5.57. The Morgan fingerprint density at radius 1 is 1.38 bits per heavy atom. The van der Waals surface area contributed by atoms with E-state index in [2.05, 4.69) is 39.8 Å². The first kappa shape index (κ1) is 11.5. The molecular formula is C14H21NO. The van der Waals surface area contributed by atoms with E-state index in [1.165, 1.54) is 11.1 Å². The third kappa shape index (κ3) is 1.94. The van der Waals surface area contributed by atoms with Gasteiger partial charge in [0.1, 0.15) is 11.4 Å². The lowest BCUT2D eigenvalue weighted by Gasteiger charge is -2.18. The first-order valence-corrected chi connectivity index (χ1v) is 5.98. The van der Waals surface area contributed by atoms with E-state index in [0.717, 1.165) is 17.7 Å². The van der Waals surface area contributed by atoms with Crippen molar-refractivity contribution in [2.75, 3.05) is 0 Å². The van der Waals surface area contributed by atoms with Crippen molar-refractivity contribution in [3.8, 4) is 5.75 Å². The van der Waals surface area contributed by atoms with Gasteiger partial charge in [0.15, 0.2) is 0 Å². The minimum atomic E-state index is -0.0815. The molecule has 1 aromatic rings. The van der Waals surface area contributed by atoms with Gasteiger partial charge in [0.25, 0.3) is 0 Å². The zero-order valence-corrected chi connectivity index (χ0v) is 10.6. The highest BCUT2D eigenvalue weighted by atomic mass is 16.5. The van der Waals surface area contributed by atoms with E-state index >= 15 is 0 Å². The van der Waals surface area contributed by atoms with Crippen LogP contribution >= 0.6 is 0 Å². The Kier molecular flexibility index (Phi) is 2.70. The van der Waals surface area contributed by atoms with Crippen LogP contribution in [0.2, 0.25) is 0 Å². The molecule has 0 aromatic heterocycles. The first-order chi connectivity index (χ1) is 7.43. The molecule has 88 valence electrons. The quantitative estimate of drug-likeness (QED) is 0.830. The molecule has 2 rings (SSSR count). The predicted octanol–water partition coefficient (Wildman–Crippen LogP) is 2.98. The molecule has 0 spiro atoms. The molecule has 2 nitrogen and oxygen atoms in total. The Bertz CT molecular complexity index is 407. The van der Waals surface area contributed by atoms with Gasteiger partial charge < -0.3 is 10.5 Å². The van der Waals surface area contributed by atoms with Crippen molar-refractivity contribution in [1.82, 2.24) is 0 Å². The van der Waals surface area contributed by atoms with E-state index in [-0.39, 0.29) is 5.60 Å². The number of rotatable bonds is 2. The summed E-state index contributed by atoms with van der Waals surface area (Å²) in [5.74, 6) is 1.57. The van der Waals surface area contributed by atoms with Gasteiger partial charge in [0.2, 0.25) is 0 Å².